The van der Waals surface area contributed by atoms with Gasteiger partial charge in [-0.15, -0.1) is 0 Å². The number of halogens is 4. The van der Waals surface area contributed by atoms with Crippen molar-refractivity contribution in [1.82, 2.24) is 4.98 Å². The Labute approximate surface area is 146 Å². The monoisotopic (exact) mass is 372 g/mol. The maximum Gasteiger partial charge on any atom is 0.272 e. The summed E-state index contributed by atoms with van der Waals surface area (Å²) in [6.45, 7) is 0. The predicted molar refractivity (Wildman–Crippen MR) is 92.7 cm³/mol. The summed E-state index contributed by atoms with van der Waals surface area (Å²) in [5, 5.41) is 4.97. The summed E-state index contributed by atoms with van der Waals surface area (Å²) in [5.41, 5.74) is 1.36. The number of hydrogen-bond donors (Lipinski definition) is 2. The van der Waals surface area contributed by atoms with Crippen molar-refractivity contribution in [2.75, 3.05) is 5.32 Å². The van der Waals surface area contributed by atoms with Gasteiger partial charge in [0.15, 0.2) is 0 Å². The van der Waals surface area contributed by atoms with Gasteiger partial charge in [-0.3, -0.25) is 4.79 Å². The molecule has 0 unspecified atom stereocenters. The van der Waals surface area contributed by atoms with Crippen LogP contribution in [0.25, 0.3) is 10.9 Å². The number of aromatic nitrogens is 1. The number of anilines is 1. The van der Waals surface area contributed by atoms with Crippen molar-refractivity contribution in [3.8, 4) is 0 Å². The van der Waals surface area contributed by atoms with Crippen LogP contribution in [0.15, 0.2) is 36.4 Å². The molecule has 0 atom stereocenters. The quantitative estimate of drug-likeness (QED) is 0.565. The third kappa shape index (κ3) is 2.90. The Morgan fingerprint density at radius 2 is 1.64 bits per heavy atom. The zero-order chi connectivity index (χ0) is 15.9. The molecule has 2 N–H and O–H groups in total. The number of nitrogens with one attached hydrogen (secondary N) is 2. The lowest BCUT2D eigenvalue weighted by molar-refractivity contribution is 0.102. The first-order chi connectivity index (χ1) is 10.5. The summed E-state index contributed by atoms with van der Waals surface area (Å²) < 4.78 is 0. The number of aromatic amines is 1. The van der Waals surface area contributed by atoms with Gasteiger partial charge in [-0.25, -0.2) is 0 Å². The zero-order valence-corrected chi connectivity index (χ0v) is 13.9. The Morgan fingerprint density at radius 3 is 2.27 bits per heavy atom. The summed E-state index contributed by atoms with van der Waals surface area (Å²) in [6.07, 6.45) is 0. The van der Waals surface area contributed by atoms with Gasteiger partial charge in [-0.1, -0.05) is 58.5 Å². The Morgan fingerprint density at radius 1 is 0.955 bits per heavy atom. The van der Waals surface area contributed by atoms with Crippen molar-refractivity contribution in [1.29, 1.82) is 0 Å². The fourth-order valence-corrected chi connectivity index (χ4v) is 3.22. The van der Waals surface area contributed by atoms with Crippen LogP contribution in [0.3, 0.4) is 0 Å². The van der Waals surface area contributed by atoms with Crippen LogP contribution >= 0.6 is 46.4 Å². The summed E-state index contributed by atoms with van der Waals surface area (Å²) in [6, 6.07) is 10.1. The summed E-state index contributed by atoms with van der Waals surface area (Å²) >= 11 is 24.0. The maximum absolute atomic E-state index is 12.3. The molecule has 3 aromatic rings. The third-order valence-electron chi connectivity index (χ3n) is 3.10. The molecule has 0 aliphatic heterocycles. The molecule has 0 spiro atoms. The first-order valence-electron chi connectivity index (χ1n) is 6.19. The molecule has 112 valence electrons. The average molecular weight is 374 g/mol. The Hall–Kier alpha value is -1.39. The van der Waals surface area contributed by atoms with Crippen LogP contribution in [0.4, 0.5) is 5.69 Å². The second-order valence-electron chi connectivity index (χ2n) is 4.59. The van der Waals surface area contributed by atoms with Gasteiger partial charge in [-0.05, 0) is 24.3 Å². The zero-order valence-electron chi connectivity index (χ0n) is 10.9. The number of hydrogen-bond acceptors (Lipinski definition) is 1. The van der Waals surface area contributed by atoms with E-state index in [1.165, 1.54) is 12.1 Å². The van der Waals surface area contributed by atoms with E-state index in [2.05, 4.69) is 10.3 Å². The van der Waals surface area contributed by atoms with Gasteiger partial charge in [0.2, 0.25) is 0 Å². The smallest absolute Gasteiger partial charge is 0.272 e. The predicted octanol–water partition coefficient (Wildman–Crippen LogP) is 6.03. The first-order valence-corrected chi connectivity index (χ1v) is 7.70. The number of benzene rings is 2. The van der Waals surface area contributed by atoms with Crippen LogP contribution in [-0.4, -0.2) is 10.9 Å². The molecule has 0 fully saturated rings. The van der Waals surface area contributed by atoms with Crippen molar-refractivity contribution >= 4 is 68.9 Å². The van der Waals surface area contributed by atoms with E-state index in [1.807, 2.05) is 12.1 Å². The molecule has 1 heterocycles. The molecule has 2 aromatic carbocycles. The van der Waals surface area contributed by atoms with Gasteiger partial charge in [0.05, 0.1) is 26.3 Å². The lowest BCUT2D eigenvalue weighted by Crippen LogP contribution is -2.13. The van der Waals surface area contributed by atoms with Gasteiger partial charge in [0, 0.05) is 10.4 Å². The fraction of sp³-hybridized carbons (Fsp3) is 0. The molecule has 0 saturated heterocycles. The summed E-state index contributed by atoms with van der Waals surface area (Å²) in [5.74, 6) is -0.376. The van der Waals surface area contributed by atoms with E-state index in [0.29, 0.717) is 26.9 Å². The minimum Gasteiger partial charge on any atom is -0.349 e. The van der Waals surface area contributed by atoms with E-state index < -0.39 is 0 Å². The largest absolute Gasteiger partial charge is 0.349 e. The van der Waals surface area contributed by atoms with E-state index in [4.69, 9.17) is 46.4 Å². The van der Waals surface area contributed by atoms with Crippen molar-refractivity contribution in [3.05, 3.63) is 62.2 Å². The molecule has 7 heteroatoms. The molecule has 0 aliphatic rings. The minimum absolute atomic E-state index is 0.264. The van der Waals surface area contributed by atoms with Gasteiger partial charge < -0.3 is 10.3 Å². The Bertz CT molecular complexity index is 865. The number of amides is 1. The number of fused-ring (bicyclic) bond motifs is 1. The lowest BCUT2D eigenvalue weighted by Gasteiger charge is -2.08. The van der Waals surface area contributed by atoms with Crippen LogP contribution in [0.5, 0.6) is 0 Å². The minimum atomic E-state index is -0.376. The first kappa shape index (κ1) is 15.5. The number of para-hydroxylation sites is 1. The maximum atomic E-state index is 12.3. The standard InChI is InChI=1S/C15H8Cl4N2O/c16-8-5-10(18)14(11(19)6-8)21-15(22)12-4-7-2-1-3-9(17)13(7)20-12/h1-6,20H,(H,21,22). The number of H-pyrrole nitrogens is 1. The van der Waals surface area contributed by atoms with Gasteiger partial charge in [0.25, 0.3) is 5.91 Å². The highest BCUT2D eigenvalue weighted by Crippen LogP contribution is 2.34. The van der Waals surface area contributed by atoms with Gasteiger partial charge >= 0.3 is 0 Å². The molecule has 3 nitrogen and oxygen atoms in total. The summed E-state index contributed by atoms with van der Waals surface area (Å²) in [7, 11) is 0. The highest BCUT2D eigenvalue weighted by Gasteiger charge is 2.15. The van der Waals surface area contributed by atoms with Crippen LogP contribution < -0.4 is 5.32 Å². The van der Waals surface area contributed by atoms with Crippen LogP contribution in [-0.2, 0) is 0 Å². The molecule has 0 bridgehead atoms. The van der Waals surface area contributed by atoms with Gasteiger partial charge in [0.1, 0.15) is 5.69 Å². The topological polar surface area (TPSA) is 44.9 Å². The summed E-state index contributed by atoms with van der Waals surface area (Å²) in [4.78, 5) is 15.3. The molecule has 3 rings (SSSR count). The van der Waals surface area contributed by atoms with Crippen molar-refractivity contribution in [2.45, 2.75) is 0 Å². The highest BCUT2D eigenvalue weighted by atomic mass is 35.5. The van der Waals surface area contributed by atoms with Crippen LogP contribution in [0.2, 0.25) is 20.1 Å². The van der Waals surface area contributed by atoms with Crippen LogP contribution in [0.1, 0.15) is 10.5 Å². The highest BCUT2D eigenvalue weighted by molar-refractivity contribution is 6.42. The Balaban J connectivity index is 1.95. The van der Waals surface area contributed by atoms with E-state index in [9.17, 15) is 4.79 Å². The average Bonchev–Trinajstić information content (AvgIpc) is 2.88. The lowest BCUT2D eigenvalue weighted by atomic mass is 10.2. The van der Waals surface area contributed by atoms with E-state index in [0.717, 1.165) is 5.39 Å². The Kier molecular flexibility index (Phi) is 4.24. The molecule has 0 saturated carbocycles. The molecule has 0 aliphatic carbocycles. The van der Waals surface area contributed by atoms with E-state index in [1.54, 1.807) is 12.1 Å². The van der Waals surface area contributed by atoms with Gasteiger partial charge in [-0.2, -0.15) is 0 Å². The van der Waals surface area contributed by atoms with Crippen molar-refractivity contribution < 1.29 is 4.79 Å². The van der Waals surface area contributed by atoms with E-state index >= 15 is 0 Å². The third-order valence-corrected chi connectivity index (χ3v) is 4.22. The number of carbonyl (C=O) groups excluding carboxylic acids is 1. The molecular weight excluding hydrogens is 366 g/mol. The van der Waals surface area contributed by atoms with Crippen molar-refractivity contribution in [2.24, 2.45) is 0 Å². The normalized spacial score (nSPS) is 10.9. The van der Waals surface area contributed by atoms with Crippen molar-refractivity contribution in [3.63, 3.8) is 0 Å². The van der Waals surface area contributed by atoms with E-state index in [-0.39, 0.29) is 16.0 Å². The second-order valence-corrected chi connectivity index (χ2v) is 6.24. The molecular formula is C15H8Cl4N2O. The number of carbonyl (C=O) groups is 1. The van der Waals surface area contributed by atoms with Crippen LogP contribution in [0, 0.1) is 0 Å². The molecule has 22 heavy (non-hydrogen) atoms. The molecule has 1 aromatic heterocycles. The molecule has 0 radical (unpaired) electrons. The number of rotatable bonds is 2. The molecule has 1 amide bonds. The SMILES string of the molecule is O=C(Nc1c(Cl)cc(Cl)cc1Cl)c1cc2cccc(Cl)c2[nH]1. The fourth-order valence-electron chi connectivity index (χ4n) is 2.08. The second kappa shape index (κ2) is 6.01.